The van der Waals surface area contributed by atoms with E-state index in [4.69, 9.17) is 16.3 Å². The SMILES string of the molecule is CC(C)(C)OC(=O)N1CC[C@H](NC(=O)c2ccc(O)c(Cl)c2)C1. The van der Waals surface area contributed by atoms with Crippen LogP contribution < -0.4 is 5.32 Å². The zero-order chi connectivity index (χ0) is 17.2. The van der Waals surface area contributed by atoms with Crippen molar-refractivity contribution in [2.75, 3.05) is 13.1 Å². The first kappa shape index (κ1) is 17.4. The van der Waals surface area contributed by atoms with Crippen molar-refractivity contribution in [2.45, 2.75) is 38.8 Å². The molecule has 1 aromatic rings. The Bertz CT molecular complexity index is 613. The molecule has 7 heteroatoms. The molecule has 0 saturated carbocycles. The summed E-state index contributed by atoms with van der Waals surface area (Å²) >= 11 is 5.80. The lowest BCUT2D eigenvalue weighted by Crippen LogP contribution is -2.40. The number of carbonyl (C=O) groups is 2. The van der Waals surface area contributed by atoms with Crippen molar-refractivity contribution < 1.29 is 19.4 Å². The molecule has 0 aromatic heterocycles. The standard InChI is InChI=1S/C16H21ClN2O4/c1-16(2,3)23-15(22)19-7-6-11(9-19)18-14(21)10-4-5-13(20)12(17)8-10/h4-5,8,11,20H,6-7,9H2,1-3H3,(H,18,21)/t11-/m0/s1. The Morgan fingerprint density at radius 1 is 1.39 bits per heavy atom. The molecule has 0 radical (unpaired) electrons. The van der Waals surface area contributed by atoms with E-state index in [1.165, 1.54) is 18.2 Å². The number of nitrogens with zero attached hydrogens (tertiary/aromatic N) is 1. The molecule has 2 rings (SSSR count). The molecule has 126 valence electrons. The Morgan fingerprint density at radius 3 is 2.70 bits per heavy atom. The van der Waals surface area contributed by atoms with Crippen molar-refractivity contribution in [3.63, 3.8) is 0 Å². The zero-order valence-electron chi connectivity index (χ0n) is 13.4. The van der Waals surface area contributed by atoms with E-state index >= 15 is 0 Å². The van der Waals surface area contributed by atoms with Gasteiger partial charge in [0.1, 0.15) is 11.4 Å². The lowest BCUT2D eigenvalue weighted by atomic mass is 10.2. The predicted molar refractivity (Wildman–Crippen MR) is 86.8 cm³/mol. The van der Waals surface area contributed by atoms with Gasteiger partial charge in [-0.05, 0) is 45.4 Å². The second-order valence-corrected chi connectivity index (χ2v) is 6.96. The third-order valence-electron chi connectivity index (χ3n) is 3.39. The van der Waals surface area contributed by atoms with E-state index in [0.29, 0.717) is 25.1 Å². The summed E-state index contributed by atoms with van der Waals surface area (Å²) in [6.07, 6.45) is 0.290. The first-order chi connectivity index (χ1) is 10.7. The fourth-order valence-corrected chi connectivity index (χ4v) is 2.47. The number of aromatic hydroxyl groups is 1. The molecule has 6 nitrogen and oxygen atoms in total. The average molecular weight is 341 g/mol. The Kier molecular flexibility index (Phi) is 5.04. The highest BCUT2D eigenvalue weighted by Crippen LogP contribution is 2.24. The van der Waals surface area contributed by atoms with Gasteiger partial charge in [0.05, 0.1) is 5.02 Å². The monoisotopic (exact) mass is 340 g/mol. The quantitative estimate of drug-likeness (QED) is 0.867. The highest BCUT2D eigenvalue weighted by molar-refractivity contribution is 6.32. The van der Waals surface area contributed by atoms with Gasteiger partial charge < -0.3 is 20.1 Å². The fourth-order valence-electron chi connectivity index (χ4n) is 2.29. The second kappa shape index (κ2) is 6.66. The highest BCUT2D eigenvalue weighted by atomic mass is 35.5. The lowest BCUT2D eigenvalue weighted by Gasteiger charge is -2.24. The number of rotatable bonds is 2. The summed E-state index contributed by atoms with van der Waals surface area (Å²) in [7, 11) is 0. The van der Waals surface area contributed by atoms with Crippen molar-refractivity contribution >= 4 is 23.6 Å². The Morgan fingerprint density at radius 2 is 2.09 bits per heavy atom. The summed E-state index contributed by atoms with van der Waals surface area (Å²) in [4.78, 5) is 25.8. The second-order valence-electron chi connectivity index (χ2n) is 6.55. The van der Waals surface area contributed by atoms with Crippen LogP contribution in [0.3, 0.4) is 0 Å². The van der Waals surface area contributed by atoms with Crippen molar-refractivity contribution in [2.24, 2.45) is 0 Å². The van der Waals surface area contributed by atoms with Crippen molar-refractivity contribution in [1.82, 2.24) is 10.2 Å². The van der Waals surface area contributed by atoms with E-state index in [1.807, 2.05) is 20.8 Å². The van der Waals surface area contributed by atoms with Gasteiger partial charge in [-0.1, -0.05) is 11.6 Å². The Labute approximate surface area is 140 Å². The fraction of sp³-hybridized carbons (Fsp3) is 0.500. The molecule has 0 spiro atoms. The minimum absolute atomic E-state index is 0.0693. The van der Waals surface area contributed by atoms with Crippen LogP contribution in [0.5, 0.6) is 5.75 Å². The number of phenols is 1. The summed E-state index contributed by atoms with van der Waals surface area (Å²) in [6, 6.07) is 4.14. The number of amides is 2. The van der Waals surface area contributed by atoms with Gasteiger partial charge >= 0.3 is 6.09 Å². The average Bonchev–Trinajstić information content (AvgIpc) is 2.88. The van der Waals surface area contributed by atoms with Crippen molar-refractivity contribution in [3.05, 3.63) is 28.8 Å². The maximum absolute atomic E-state index is 12.2. The number of nitrogens with one attached hydrogen (secondary N) is 1. The van der Waals surface area contributed by atoms with Gasteiger partial charge in [0.2, 0.25) is 0 Å². The number of likely N-dealkylation sites (tertiary alicyclic amines) is 1. The lowest BCUT2D eigenvalue weighted by molar-refractivity contribution is 0.0290. The van der Waals surface area contributed by atoms with Crippen LogP contribution in [0.4, 0.5) is 4.79 Å². The minimum Gasteiger partial charge on any atom is -0.506 e. The molecule has 1 aliphatic rings. The molecule has 2 amide bonds. The van der Waals surface area contributed by atoms with Gasteiger partial charge in [0.15, 0.2) is 0 Å². The van der Waals surface area contributed by atoms with Crippen LogP contribution >= 0.6 is 11.6 Å². The summed E-state index contributed by atoms with van der Waals surface area (Å²) in [5.74, 6) is -0.358. The van der Waals surface area contributed by atoms with Crippen LogP contribution in [0.25, 0.3) is 0 Å². The van der Waals surface area contributed by atoms with Crippen molar-refractivity contribution in [3.8, 4) is 5.75 Å². The maximum atomic E-state index is 12.2. The molecule has 2 N–H and O–H groups in total. The van der Waals surface area contributed by atoms with Gasteiger partial charge in [-0.25, -0.2) is 4.79 Å². The van der Waals surface area contributed by atoms with Gasteiger partial charge in [0.25, 0.3) is 5.91 Å². The molecule has 1 saturated heterocycles. The molecule has 23 heavy (non-hydrogen) atoms. The molecule has 0 aliphatic carbocycles. The maximum Gasteiger partial charge on any atom is 0.410 e. The van der Waals surface area contributed by atoms with Crippen LogP contribution in [0.2, 0.25) is 5.02 Å². The first-order valence-corrected chi connectivity index (χ1v) is 7.81. The number of hydrogen-bond donors (Lipinski definition) is 2. The summed E-state index contributed by atoms with van der Waals surface area (Å²) in [5.41, 5.74) is -0.176. The van der Waals surface area contributed by atoms with Gasteiger partial charge in [-0.2, -0.15) is 0 Å². The summed E-state index contributed by atoms with van der Waals surface area (Å²) in [5, 5.41) is 12.4. The zero-order valence-corrected chi connectivity index (χ0v) is 14.2. The number of halogens is 1. The molecule has 1 aliphatic heterocycles. The summed E-state index contributed by atoms with van der Waals surface area (Å²) in [6.45, 7) is 6.39. The largest absolute Gasteiger partial charge is 0.506 e. The summed E-state index contributed by atoms with van der Waals surface area (Å²) < 4.78 is 5.32. The number of benzene rings is 1. The number of phenolic OH excluding ortho intramolecular Hbond substituents is 1. The smallest absolute Gasteiger partial charge is 0.410 e. The number of ether oxygens (including phenoxy) is 1. The van der Waals surface area contributed by atoms with Gasteiger partial charge in [-0.15, -0.1) is 0 Å². The number of hydrogen-bond acceptors (Lipinski definition) is 4. The van der Waals surface area contributed by atoms with E-state index < -0.39 is 5.60 Å². The van der Waals surface area contributed by atoms with E-state index in [0.717, 1.165) is 0 Å². The molecular weight excluding hydrogens is 320 g/mol. The molecule has 0 unspecified atom stereocenters. The predicted octanol–water partition coefficient (Wildman–Crippen LogP) is 2.78. The van der Waals surface area contributed by atoms with Crippen LogP contribution in [0.15, 0.2) is 18.2 Å². The molecule has 1 aromatic carbocycles. The van der Waals surface area contributed by atoms with Crippen LogP contribution in [0.1, 0.15) is 37.6 Å². The van der Waals surface area contributed by atoms with Crippen LogP contribution in [0, 0.1) is 0 Å². The number of carbonyl (C=O) groups excluding carboxylic acids is 2. The van der Waals surface area contributed by atoms with Crippen molar-refractivity contribution in [1.29, 1.82) is 0 Å². The topological polar surface area (TPSA) is 78.9 Å². The third-order valence-corrected chi connectivity index (χ3v) is 3.69. The molecule has 1 fully saturated rings. The first-order valence-electron chi connectivity index (χ1n) is 7.43. The molecule has 0 bridgehead atoms. The van der Waals surface area contributed by atoms with E-state index in [2.05, 4.69) is 5.32 Å². The van der Waals surface area contributed by atoms with Gasteiger partial charge in [-0.3, -0.25) is 4.79 Å². The van der Waals surface area contributed by atoms with Gasteiger partial charge in [0, 0.05) is 24.7 Å². The van der Waals surface area contributed by atoms with Crippen LogP contribution in [-0.2, 0) is 4.74 Å². The molecular formula is C16H21ClN2O4. The normalized spacial score (nSPS) is 17.9. The third kappa shape index (κ3) is 4.76. The molecule has 1 atom stereocenters. The van der Waals surface area contributed by atoms with E-state index in [1.54, 1.807) is 4.90 Å². The Hall–Kier alpha value is -1.95. The minimum atomic E-state index is -0.540. The van der Waals surface area contributed by atoms with Crippen LogP contribution in [-0.4, -0.2) is 46.7 Å². The van der Waals surface area contributed by atoms with E-state index in [9.17, 15) is 14.7 Å². The highest BCUT2D eigenvalue weighted by Gasteiger charge is 2.30. The Balaban J connectivity index is 1.91. The molecule has 1 heterocycles. The van der Waals surface area contributed by atoms with E-state index in [-0.39, 0.29) is 28.8 Å².